The topological polar surface area (TPSA) is 7.94 Å². The third-order valence-corrected chi connectivity index (χ3v) is 4.27. The van der Waals surface area contributed by atoms with Crippen LogP contribution in [0.3, 0.4) is 0 Å². The molecule has 0 amide bonds. The van der Waals surface area contributed by atoms with Crippen molar-refractivity contribution in [3.05, 3.63) is 76.5 Å². The van der Waals surface area contributed by atoms with Gasteiger partial charge in [-0.15, -0.1) is 0 Å². The molecule has 0 atom stereocenters. The van der Waals surface area contributed by atoms with Crippen LogP contribution in [0, 0.1) is 5.82 Å². The Bertz CT molecular complexity index is 896. The number of allylic oxidation sites excluding steroid dienone is 2. The minimum atomic E-state index is -3.96. The fraction of sp³-hybridized carbons (Fsp3) is 0. The average Bonchev–Trinajstić information content (AvgIpc) is 3.12. The Morgan fingerprint density at radius 1 is 1.18 bits per heavy atom. The molecule has 2 aliphatic heterocycles. The van der Waals surface area contributed by atoms with Gasteiger partial charge in [-0.25, -0.2) is 4.39 Å². The van der Waals surface area contributed by atoms with Crippen molar-refractivity contribution in [1.29, 1.82) is 0 Å². The van der Waals surface area contributed by atoms with Crippen molar-refractivity contribution < 1.29 is 17.5 Å². The SMILES string of the molecule is Fc1ccc(Cl)c(C2=C3C=CC=[N+]3[B-](F)(F)n3cccc32)c1. The van der Waals surface area contributed by atoms with Gasteiger partial charge in [0.2, 0.25) is 0 Å². The predicted molar refractivity (Wildman–Crippen MR) is 80.7 cm³/mol. The highest BCUT2D eigenvalue weighted by atomic mass is 35.5. The van der Waals surface area contributed by atoms with E-state index in [0.717, 1.165) is 8.96 Å². The quantitative estimate of drug-likeness (QED) is 0.704. The summed E-state index contributed by atoms with van der Waals surface area (Å²) in [5.41, 5.74) is 1.53. The van der Waals surface area contributed by atoms with Crippen LogP contribution >= 0.6 is 11.6 Å². The molecule has 2 aliphatic rings. The molecule has 4 rings (SSSR count). The molecule has 0 radical (unpaired) electrons. The van der Waals surface area contributed by atoms with Crippen molar-refractivity contribution in [3.63, 3.8) is 0 Å². The monoisotopic (exact) mass is 320 g/mol. The second-order valence-corrected chi connectivity index (χ2v) is 5.60. The first-order valence-electron chi connectivity index (χ1n) is 6.69. The Labute approximate surface area is 129 Å². The molecule has 0 spiro atoms. The molecule has 110 valence electrons. The van der Waals surface area contributed by atoms with Crippen LogP contribution in [-0.2, 0) is 0 Å². The van der Waals surface area contributed by atoms with E-state index >= 15 is 0 Å². The fourth-order valence-electron chi connectivity index (χ4n) is 2.98. The lowest BCUT2D eigenvalue weighted by Gasteiger charge is -2.31. The molecule has 2 nitrogen and oxygen atoms in total. The smallest absolute Gasteiger partial charge is 0.396 e. The summed E-state index contributed by atoms with van der Waals surface area (Å²) in [5, 5.41) is 0.314. The van der Waals surface area contributed by atoms with E-state index in [1.54, 1.807) is 24.3 Å². The van der Waals surface area contributed by atoms with Crippen LogP contribution in [0.25, 0.3) is 5.57 Å². The number of rotatable bonds is 1. The lowest BCUT2D eigenvalue weighted by atomic mass is 9.86. The molecule has 0 fully saturated rings. The van der Waals surface area contributed by atoms with Crippen LogP contribution in [0.2, 0.25) is 5.02 Å². The van der Waals surface area contributed by atoms with Gasteiger partial charge in [0.15, 0.2) is 5.70 Å². The summed E-state index contributed by atoms with van der Waals surface area (Å²) in [6.45, 7) is -3.96. The molecule has 0 N–H and O–H groups in total. The third kappa shape index (κ3) is 1.67. The van der Waals surface area contributed by atoms with Gasteiger partial charge in [0.05, 0.1) is 5.57 Å². The maximum Gasteiger partial charge on any atom is 0.737 e. The van der Waals surface area contributed by atoms with Crippen LogP contribution in [0.1, 0.15) is 11.3 Å². The van der Waals surface area contributed by atoms with Crippen LogP contribution in [0.4, 0.5) is 13.0 Å². The summed E-state index contributed by atoms with van der Waals surface area (Å²) in [5.74, 6) is -0.467. The maximum absolute atomic E-state index is 14.6. The molecular formula is C15H9BClF3N2. The Morgan fingerprint density at radius 3 is 2.82 bits per heavy atom. The molecule has 0 saturated carbocycles. The number of aromatic nitrogens is 1. The Hall–Kier alpha value is -2.21. The zero-order valence-corrected chi connectivity index (χ0v) is 11.9. The average molecular weight is 321 g/mol. The van der Waals surface area contributed by atoms with E-state index in [9.17, 15) is 13.0 Å². The summed E-state index contributed by atoms with van der Waals surface area (Å²) >= 11 is 6.18. The Morgan fingerprint density at radius 2 is 2.00 bits per heavy atom. The van der Waals surface area contributed by atoms with E-state index in [1.807, 2.05) is 0 Å². The molecule has 0 unspecified atom stereocenters. The number of hydrogen-bond acceptors (Lipinski definition) is 0. The lowest BCUT2D eigenvalue weighted by molar-refractivity contribution is -0.356. The number of hydrogen-bond donors (Lipinski definition) is 0. The van der Waals surface area contributed by atoms with E-state index in [1.165, 1.54) is 30.6 Å². The van der Waals surface area contributed by atoms with Crippen molar-refractivity contribution in [2.45, 2.75) is 0 Å². The van der Waals surface area contributed by atoms with E-state index in [-0.39, 0.29) is 0 Å². The van der Waals surface area contributed by atoms with Crippen molar-refractivity contribution in [1.82, 2.24) is 4.48 Å². The summed E-state index contributed by atoms with van der Waals surface area (Å²) in [6.07, 6.45) is 5.78. The standard InChI is InChI=1S/C15H9BClF3N2/c17-12-6-5-10(18)9-11(12)15-13-3-1-7-21(13)16(19,20)22-8-2-4-14(15)22/h1-9H. The summed E-state index contributed by atoms with van der Waals surface area (Å²) in [7, 11) is 0. The van der Waals surface area contributed by atoms with Crippen LogP contribution in [0.15, 0.2) is 54.4 Å². The molecule has 0 aliphatic carbocycles. The van der Waals surface area contributed by atoms with Gasteiger partial charge in [-0.1, -0.05) is 11.6 Å². The van der Waals surface area contributed by atoms with E-state index in [4.69, 9.17) is 11.6 Å². The van der Waals surface area contributed by atoms with Gasteiger partial charge in [-0.3, -0.25) is 0 Å². The number of fused-ring (bicyclic) bond motifs is 2. The largest absolute Gasteiger partial charge is 0.737 e. The minimum absolute atomic E-state index is 0.314. The van der Waals surface area contributed by atoms with Crippen LogP contribution in [0.5, 0.6) is 0 Å². The van der Waals surface area contributed by atoms with Gasteiger partial charge in [-0.2, -0.15) is 0 Å². The molecule has 22 heavy (non-hydrogen) atoms. The highest BCUT2D eigenvalue weighted by molar-refractivity contribution is 6.57. The van der Waals surface area contributed by atoms with Gasteiger partial charge < -0.3 is 17.6 Å². The first-order valence-corrected chi connectivity index (χ1v) is 7.07. The van der Waals surface area contributed by atoms with Crippen molar-refractivity contribution in [2.75, 3.05) is 0 Å². The van der Waals surface area contributed by atoms with Gasteiger partial charge in [0, 0.05) is 28.4 Å². The summed E-state index contributed by atoms with van der Waals surface area (Å²) in [4.78, 5) is 0. The number of benzene rings is 1. The lowest BCUT2D eigenvalue weighted by Crippen LogP contribution is -2.49. The third-order valence-electron chi connectivity index (χ3n) is 3.94. The molecule has 0 saturated heterocycles. The fourth-order valence-corrected chi connectivity index (χ4v) is 3.20. The van der Waals surface area contributed by atoms with Crippen molar-refractivity contribution in [3.8, 4) is 0 Å². The molecule has 7 heteroatoms. The zero-order valence-electron chi connectivity index (χ0n) is 11.2. The first-order chi connectivity index (χ1) is 10.5. The second kappa shape index (κ2) is 4.40. The molecular weight excluding hydrogens is 311 g/mol. The first kappa shape index (κ1) is 13.5. The molecule has 2 aromatic rings. The van der Waals surface area contributed by atoms with Crippen molar-refractivity contribution >= 4 is 30.4 Å². The highest BCUT2D eigenvalue weighted by Crippen LogP contribution is 2.40. The van der Waals surface area contributed by atoms with E-state index < -0.39 is 12.8 Å². The highest BCUT2D eigenvalue weighted by Gasteiger charge is 2.51. The number of halogens is 4. The Balaban J connectivity index is 2.09. The second-order valence-electron chi connectivity index (χ2n) is 5.19. The van der Waals surface area contributed by atoms with E-state index in [2.05, 4.69) is 0 Å². The van der Waals surface area contributed by atoms with Gasteiger partial charge >= 0.3 is 6.97 Å². The zero-order chi connectivity index (χ0) is 15.5. The molecule has 3 heterocycles. The molecule has 1 aromatic heterocycles. The van der Waals surface area contributed by atoms with Gasteiger partial charge in [0.1, 0.15) is 12.0 Å². The molecule has 0 bridgehead atoms. The number of nitrogens with zero attached hydrogens (tertiary/aromatic N) is 2. The van der Waals surface area contributed by atoms with Crippen molar-refractivity contribution in [2.24, 2.45) is 0 Å². The maximum atomic E-state index is 14.6. The molecule has 1 aromatic carbocycles. The van der Waals surface area contributed by atoms with Gasteiger partial charge in [-0.05, 0) is 36.5 Å². The van der Waals surface area contributed by atoms with Crippen LogP contribution in [-0.4, -0.2) is 22.1 Å². The normalized spacial score (nSPS) is 18.3. The summed E-state index contributed by atoms with van der Waals surface area (Å²) in [6, 6.07) is 7.07. The van der Waals surface area contributed by atoms with E-state index in [0.29, 0.717) is 27.6 Å². The predicted octanol–water partition coefficient (Wildman–Crippen LogP) is 3.93. The van der Waals surface area contributed by atoms with Gasteiger partial charge in [0.25, 0.3) is 0 Å². The summed E-state index contributed by atoms with van der Waals surface area (Å²) < 4.78 is 44.7. The Kier molecular flexibility index (Phi) is 2.69. The minimum Gasteiger partial charge on any atom is -0.396 e. The van der Waals surface area contributed by atoms with Crippen LogP contribution < -0.4 is 0 Å².